The lowest BCUT2D eigenvalue weighted by atomic mass is 9.65. The zero-order valence-corrected chi connectivity index (χ0v) is 52.9. The van der Waals surface area contributed by atoms with Gasteiger partial charge in [-0.3, -0.25) is 0 Å². The van der Waals surface area contributed by atoms with Gasteiger partial charge in [-0.05, 0) is 150 Å². The van der Waals surface area contributed by atoms with Crippen LogP contribution in [0.3, 0.4) is 0 Å². The van der Waals surface area contributed by atoms with Gasteiger partial charge in [0.25, 0.3) is 0 Å². The van der Waals surface area contributed by atoms with E-state index in [1.807, 2.05) is 12.1 Å². The van der Waals surface area contributed by atoms with E-state index in [0.29, 0.717) is 11.6 Å². The van der Waals surface area contributed by atoms with Crippen molar-refractivity contribution >= 4 is 10.8 Å². The Morgan fingerprint density at radius 2 is 0.571 bits per heavy atom. The van der Waals surface area contributed by atoms with E-state index in [4.69, 9.17) is 29.4 Å². The van der Waals surface area contributed by atoms with Crippen LogP contribution in [0.1, 0.15) is 44.5 Å². The van der Waals surface area contributed by atoms with Gasteiger partial charge in [-0.1, -0.05) is 267 Å². The van der Waals surface area contributed by atoms with Gasteiger partial charge in [0, 0.05) is 55.6 Å². The highest BCUT2D eigenvalue weighted by atomic mass is 16.5. The van der Waals surface area contributed by atoms with Gasteiger partial charge in [-0.15, -0.1) is 0 Å². The van der Waals surface area contributed by atoms with Crippen LogP contribution in [0.2, 0.25) is 0 Å². The fraction of sp³-hybridized carbons (Fsp3) is 0.0217. The zero-order valence-electron chi connectivity index (χ0n) is 52.9. The second-order valence-electron chi connectivity index (χ2n) is 25.9. The van der Waals surface area contributed by atoms with Gasteiger partial charge in [0.1, 0.15) is 23.0 Å². The Labute approximate surface area is 567 Å². The minimum Gasteiger partial charge on any atom is -0.457 e. The minimum absolute atomic E-state index is 0.614. The summed E-state index contributed by atoms with van der Waals surface area (Å²) in [7, 11) is 0. The standard InChI is InChI=1S/C92H56N4O2/c1-4-23-58(24-5-1)72-51-62(42-46-71(72)84-56-82(60-27-8-3-9-28-60)94-90(96-84)66-44-48-86-79(53-66)91(77-38-20-21-39-85(77)97-86)73-34-16-12-30-67(73)68-31-13-17-35-74(68)91)63-43-47-78-88(54-63)98-87-49-45-65(52-80(87)92(78)75-36-18-14-32-69(75)70-33-15-19-37-76(70)92)89-93-81(59-25-6-2-7-26-59)55-83(95-89)64-41-40-57-22-10-11-29-61(57)50-64/h1-56H. The number of nitrogens with zero attached hydrogens (tertiary/aromatic N) is 4. The molecule has 2 aliphatic carbocycles. The molecule has 2 spiro atoms. The van der Waals surface area contributed by atoms with Gasteiger partial charge < -0.3 is 9.47 Å². The van der Waals surface area contributed by atoms with Crippen molar-refractivity contribution in [3.63, 3.8) is 0 Å². The van der Waals surface area contributed by atoms with Crippen LogP contribution < -0.4 is 9.47 Å². The first-order chi connectivity index (χ1) is 48.5. The number of hydrogen-bond donors (Lipinski definition) is 0. The first kappa shape index (κ1) is 55.5. The Hall–Kier alpha value is -12.9. The molecule has 98 heavy (non-hydrogen) atoms. The monoisotopic (exact) mass is 1250 g/mol. The van der Waals surface area contributed by atoms with Gasteiger partial charge in [-0.25, -0.2) is 19.9 Å². The molecule has 0 atom stereocenters. The summed E-state index contributed by atoms with van der Waals surface area (Å²) >= 11 is 0. The topological polar surface area (TPSA) is 70.0 Å². The predicted octanol–water partition coefficient (Wildman–Crippen LogP) is 22.7. The molecule has 14 aromatic carbocycles. The molecule has 6 heteroatoms. The molecule has 0 saturated carbocycles. The molecule has 0 bridgehead atoms. The van der Waals surface area contributed by atoms with Crippen LogP contribution in [-0.2, 0) is 10.8 Å². The van der Waals surface area contributed by atoms with Gasteiger partial charge in [-0.2, -0.15) is 0 Å². The van der Waals surface area contributed by atoms with Gasteiger partial charge in [0.2, 0.25) is 0 Å². The summed E-state index contributed by atoms with van der Waals surface area (Å²) in [6, 6.07) is 121. The molecule has 4 aliphatic rings. The highest BCUT2D eigenvalue weighted by Crippen LogP contribution is 2.65. The number of ether oxygens (including phenoxy) is 2. The molecule has 2 aliphatic heterocycles. The fourth-order valence-electron chi connectivity index (χ4n) is 16.3. The number of para-hydroxylation sites is 1. The Morgan fingerprint density at radius 3 is 1.13 bits per heavy atom. The van der Waals surface area contributed by atoms with Crippen LogP contribution in [0.4, 0.5) is 0 Å². The van der Waals surface area contributed by atoms with E-state index >= 15 is 0 Å². The first-order valence-electron chi connectivity index (χ1n) is 33.4. The highest BCUT2D eigenvalue weighted by molar-refractivity contribution is 5.94. The number of fused-ring (bicyclic) bond motifs is 19. The molecule has 4 heterocycles. The molecule has 0 saturated heterocycles. The van der Waals surface area contributed by atoms with Crippen molar-refractivity contribution in [1.29, 1.82) is 0 Å². The van der Waals surface area contributed by atoms with E-state index in [2.05, 4.69) is 328 Å². The Balaban J connectivity index is 0.735. The van der Waals surface area contributed by atoms with Crippen molar-refractivity contribution in [2.24, 2.45) is 0 Å². The van der Waals surface area contributed by atoms with Crippen molar-refractivity contribution in [1.82, 2.24) is 19.9 Å². The van der Waals surface area contributed by atoms with Crippen molar-refractivity contribution in [2.45, 2.75) is 10.8 Å². The van der Waals surface area contributed by atoms with E-state index in [1.54, 1.807) is 0 Å². The number of hydrogen-bond acceptors (Lipinski definition) is 6. The lowest BCUT2D eigenvalue weighted by molar-refractivity contribution is 0.436. The summed E-state index contributed by atoms with van der Waals surface area (Å²) in [6.45, 7) is 0. The second-order valence-corrected chi connectivity index (χ2v) is 25.9. The van der Waals surface area contributed by atoms with Crippen molar-refractivity contribution < 1.29 is 9.47 Å². The zero-order chi connectivity index (χ0) is 64.5. The lowest BCUT2D eigenvalue weighted by Gasteiger charge is -2.39. The van der Waals surface area contributed by atoms with Crippen LogP contribution in [0.25, 0.3) is 123 Å². The summed E-state index contributed by atoms with van der Waals surface area (Å²) in [4.78, 5) is 21.9. The third kappa shape index (κ3) is 8.41. The number of benzene rings is 14. The first-order valence-corrected chi connectivity index (χ1v) is 33.4. The van der Waals surface area contributed by atoms with Crippen molar-refractivity contribution in [3.8, 4) is 135 Å². The van der Waals surface area contributed by atoms with E-state index < -0.39 is 10.8 Å². The molecular weight excluding hydrogens is 1190 g/mol. The Morgan fingerprint density at radius 1 is 0.184 bits per heavy atom. The quantitative estimate of drug-likeness (QED) is 0.151. The predicted molar refractivity (Wildman–Crippen MR) is 393 cm³/mol. The maximum Gasteiger partial charge on any atom is 0.160 e. The van der Waals surface area contributed by atoms with E-state index in [0.717, 1.165) is 129 Å². The van der Waals surface area contributed by atoms with Crippen LogP contribution in [-0.4, -0.2) is 19.9 Å². The second kappa shape index (κ2) is 21.8. The summed E-state index contributed by atoms with van der Waals surface area (Å²) in [5, 5.41) is 2.34. The SMILES string of the molecule is c1ccc(-c2cc(-c3ccc4ccccc4c3)nc(-c3ccc4c(c3)C3(c5ccc(-c6ccc(-c7cc(-c8ccccc8)nc(-c8ccc9c(c8)C8(c%10ccccc%10O9)c9ccccc9-c9ccccc98)n7)c(-c7ccccc7)c6)cc5O4)c4ccccc4-c4ccccc43)n2)cc1. The molecule has 456 valence electrons. The lowest BCUT2D eigenvalue weighted by Crippen LogP contribution is -2.32. The molecule has 20 rings (SSSR count). The number of rotatable bonds is 8. The summed E-state index contributed by atoms with van der Waals surface area (Å²) in [5.74, 6) is 4.47. The third-order valence-corrected chi connectivity index (χ3v) is 20.7. The Kier molecular flexibility index (Phi) is 12.4. The molecule has 0 amide bonds. The normalized spacial score (nSPS) is 13.4. The summed E-state index contributed by atoms with van der Waals surface area (Å²) in [6.07, 6.45) is 0. The smallest absolute Gasteiger partial charge is 0.160 e. The largest absolute Gasteiger partial charge is 0.457 e. The van der Waals surface area contributed by atoms with Crippen LogP contribution in [0.5, 0.6) is 23.0 Å². The maximum atomic E-state index is 7.34. The third-order valence-electron chi connectivity index (χ3n) is 20.7. The van der Waals surface area contributed by atoms with Gasteiger partial charge >= 0.3 is 0 Å². The van der Waals surface area contributed by atoms with E-state index in [-0.39, 0.29) is 0 Å². The minimum atomic E-state index is -0.759. The van der Waals surface area contributed by atoms with Crippen LogP contribution in [0.15, 0.2) is 340 Å². The van der Waals surface area contributed by atoms with Crippen LogP contribution in [0, 0.1) is 0 Å². The average molecular weight is 1250 g/mol. The highest BCUT2D eigenvalue weighted by Gasteiger charge is 2.53. The van der Waals surface area contributed by atoms with E-state index in [1.165, 1.54) is 49.9 Å². The average Bonchev–Trinajstić information content (AvgIpc) is 1.49. The fourth-order valence-corrected chi connectivity index (χ4v) is 16.3. The maximum absolute atomic E-state index is 7.34. The van der Waals surface area contributed by atoms with E-state index in [9.17, 15) is 0 Å². The molecule has 16 aromatic rings. The van der Waals surface area contributed by atoms with Gasteiger partial charge in [0.15, 0.2) is 11.6 Å². The molecule has 6 nitrogen and oxygen atoms in total. The molecule has 0 unspecified atom stereocenters. The summed E-state index contributed by atoms with van der Waals surface area (Å²) in [5.41, 5.74) is 25.8. The van der Waals surface area contributed by atoms with Crippen molar-refractivity contribution in [3.05, 3.63) is 384 Å². The molecule has 2 aromatic heterocycles. The molecule has 0 radical (unpaired) electrons. The molecule has 0 fully saturated rings. The van der Waals surface area contributed by atoms with Crippen LogP contribution >= 0.6 is 0 Å². The molecular formula is C92H56N4O2. The summed E-state index contributed by atoms with van der Waals surface area (Å²) < 4.78 is 14.2. The van der Waals surface area contributed by atoms with Gasteiger partial charge in [0.05, 0.1) is 33.6 Å². The molecule has 0 N–H and O–H groups in total. The number of aromatic nitrogens is 4. The van der Waals surface area contributed by atoms with Crippen molar-refractivity contribution in [2.75, 3.05) is 0 Å². The Bertz CT molecular complexity index is 5870.